The highest BCUT2D eigenvalue weighted by atomic mass is 32.2. The molecule has 1 heterocycles. The van der Waals surface area contributed by atoms with Crippen molar-refractivity contribution in [1.82, 2.24) is 15.5 Å². The number of thioether (sulfide) groups is 1. The van der Waals surface area contributed by atoms with E-state index in [9.17, 15) is 29.1 Å². The number of carbonyl (C=O) groups excluding carboxylic acids is 4. The van der Waals surface area contributed by atoms with E-state index in [0.717, 1.165) is 0 Å². The van der Waals surface area contributed by atoms with Gasteiger partial charge < -0.3 is 37.8 Å². The van der Waals surface area contributed by atoms with E-state index in [0.29, 0.717) is 50.9 Å². The largest absolute Gasteiger partial charge is 0.480 e. The summed E-state index contributed by atoms with van der Waals surface area (Å²) in [6.45, 7) is 0.747. The van der Waals surface area contributed by atoms with Crippen molar-refractivity contribution in [1.29, 1.82) is 0 Å². The number of unbranched alkanes of at least 4 members (excludes halogenated alkanes) is 1. The first-order chi connectivity index (χ1) is 15.6. The summed E-state index contributed by atoms with van der Waals surface area (Å²) in [5.41, 5.74) is 16.6. The zero-order valence-electron chi connectivity index (χ0n) is 19.0. The molecule has 0 aromatic carbocycles. The van der Waals surface area contributed by atoms with Crippen molar-refractivity contribution in [2.45, 2.75) is 69.1 Å². The van der Waals surface area contributed by atoms with Gasteiger partial charge >= 0.3 is 5.97 Å². The molecule has 4 amide bonds. The molecular formula is C20H36N6O6S. The SMILES string of the molecule is CSCCC(N)C(=O)N1CCCC1C(=O)NC(CC(N)=O)C(=O)NC(CCCCN)C(=O)O. The van der Waals surface area contributed by atoms with E-state index in [-0.39, 0.29) is 12.3 Å². The van der Waals surface area contributed by atoms with Gasteiger partial charge in [0.25, 0.3) is 0 Å². The van der Waals surface area contributed by atoms with Crippen molar-refractivity contribution in [3.05, 3.63) is 0 Å². The van der Waals surface area contributed by atoms with E-state index in [4.69, 9.17) is 17.2 Å². The highest BCUT2D eigenvalue weighted by Gasteiger charge is 2.38. The average molecular weight is 489 g/mol. The molecule has 188 valence electrons. The van der Waals surface area contributed by atoms with E-state index in [1.807, 2.05) is 6.26 Å². The van der Waals surface area contributed by atoms with Crippen LogP contribution in [0, 0.1) is 0 Å². The van der Waals surface area contributed by atoms with E-state index < -0.39 is 54.3 Å². The van der Waals surface area contributed by atoms with Gasteiger partial charge in [-0.2, -0.15) is 11.8 Å². The van der Waals surface area contributed by atoms with Gasteiger partial charge in [0.15, 0.2) is 0 Å². The highest BCUT2D eigenvalue weighted by Crippen LogP contribution is 2.19. The number of aliphatic carboxylic acids is 1. The fraction of sp³-hybridized carbons (Fsp3) is 0.750. The Hall–Kier alpha value is -2.38. The summed E-state index contributed by atoms with van der Waals surface area (Å²) in [5, 5.41) is 14.2. The topological polar surface area (TPSA) is 211 Å². The van der Waals surface area contributed by atoms with Crippen LogP contribution in [0.5, 0.6) is 0 Å². The number of nitrogens with two attached hydrogens (primary N) is 3. The van der Waals surface area contributed by atoms with Crippen molar-refractivity contribution in [2.75, 3.05) is 25.1 Å². The van der Waals surface area contributed by atoms with Crippen molar-refractivity contribution in [2.24, 2.45) is 17.2 Å². The van der Waals surface area contributed by atoms with Crippen molar-refractivity contribution < 1.29 is 29.1 Å². The molecule has 0 radical (unpaired) electrons. The fourth-order valence-electron chi connectivity index (χ4n) is 3.59. The second kappa shape index (κ2) is 14.7. The summed E-state index contributed by atoms with van der Waals surface area (Å²) in [6, 6.07) is -4.13. The van der Waals surface area contributed by atoms with Crippen LogP contribution in [0.1, 0.15) is 44.9 Å². The molecule has 0 bridgehead atoms. The molecule has 1 aliphatic rings. The molecule has 0 spiro atoms. The van der Waals surface area contributed by atoms with Gasteiger partial charge in [-0.25, -0.2) is 4.79 Å². The highest BCUT2D eigenvalue weighted by molar-refractivity contribution is 7.98. The number of carboxylic acid groups (broad SMARTS) is 1. The van der Waals surface area contributed by atoms with Gasteiger partial charge in [0.2, 0.25) is 23.6 Å². The maximum absolute atomic E-state index is 12.9. The first-order valence-corrected chi connectivity index (χ1v) is 12.4. The number of amides is 4. The predicted molar refractivity (Wildman–Crippen MR) is 124 cm³/mol. The van der Waals surface area contributed by atoms with Crippen molar-refractivity contribution >= 4 is 41.4 Å². The molecule has 33 heavy (non-hydrogen) atoms. The number of carbonyl (C=O) groups is 5. The standard InChI is InChI=1S/C20H36N6O6S/c1-33-10-7-12(22)19(30)26-9-4-6-15(26)18(29)25-14(11-16(23)27)17(28)24-13(20(31)32)5-2-3-8-21/h12-15H,2-11,21-22H2,1H3,(H2,23,27)(H,24,28)(H,25,29)(H,31,32). The number of likely N-dealkylation sites (tertiary alicyclic amines) is 1. The molecular weight excluding hydrogens is 452 g/mol. The average Bonchev–Trinajstić information content (AvgIpc) is 3.25. The number of hydrogen-bond donors (Lipinski definition) is 6. The molecule has 0 aromatic rings. The lowest BCUT2D eigenvalue weighted by Gasteiger charge is -2.28. The third kappa shape index (κ3) is 9.56. The van der Waals surface area contributed by atoms with Gasteiger partial charge in [0, 0.05) is 6.54 Å². The Balaban J connectivity index is 2.86. The molecule has 1 saturated heterocycles. The summed E-state index contributed by atoms with van der Waals surface area (Å²) < 4.78 is 0. The van der Waals surface area contributed by atoms with Crippen LogP contribution in [0.4, 0.5) is 0 Å². The molecule has 12 nitrogen and oxygen atoms in total. The molecule has 4 atom stereocenters. The van der Waals surface area contributed by atoms with E-state index in [1.54, 1.807) is 11.8 Å². The molecule has 13 heteroatoms. The number of primary amides is 1. The Morgan fingerprint density at radius 3 is 2.39 bits per heavy atom. The summed E-state index contributed by atoms with van der Waals surface area (Å²) in [4.78, 5) is 62.7. The molecule has 9 N–H and O–H groups in total. The molecule has 0 aromatic heterocycles. The zero-order chi connectivity index (χ0) is 25.0. The lowest BCUT2D eigenvalue weighted by atomic mass is 10.1. The maximum atomic E-state index is 12.9. The molecule has 4 unspecified atom stereocenters. The lowest BCUT2D eigenvalue weighted by Crippen LogP contribution is -2.57. The second-order valence-electron chi connectivity index (χ2n) is 7.99. The van der Waals surface area contributed by atoms with Gasteiger partial charge in [-0.1, -0.05) is 0 Å². The summed E-state index contributed by atoms with van der Waals surface area (Å²) in [6.07, 6.45) is 4.05. The Bertz CT molecular complexity index is 709. The maximum Gasteiger partial charge on any atom is 0.326 e. The first-order valence-electron chi connectivity index (χ1n) is 11.0. The smallest absolute Gasteiger partial charge is 0.326 e. The second-order valence-corrected chi connectivity index (χ2v) is 8.98. The van der Waals surface area contributed by atoms with Crippen LogP contribution in [-0.2, 0) is 24.0 Å². The third-order valence-corrected chi connectivity index (χ3v) is 6.03. The van der Waals surface area contributed by atoms with Crippen LogP contribution < -0.4 is 27.8 Å². The molecule has 0 aliphatic carbocycles. The summed E-state index contributed by atoms with van der Waals surface area (Å²) in [5.74, 6) is -3.18. The van der Waals surface area contributed by atoms with Crippen LogP contribution in [0.2, 0.25) is 0 Å². The van der Waals surface area contributed by atoms with Gasteiger partial charge in [-0.15, -0.1) is 0 Å². The molecule has 1 rings (SSSR count). The van der Waals surface area contributed by atoms with Crippen molar-refractivity contribution in [3.8, 4) is 0 Å². The van der Waals surface area contributed by atoms with Crippen LogP contribution in [0.15, 0.2) is 0 Å². The molecule has 0 saturated carbocycles. The predicted octanol–water partition coefficient (Wildman–Crippen LogP) is -1.88. The minimum Gasteiger partial charge on any atom is -0.480 e. The molecule has 1 aliphatic heterocycles. The minimum absolute atomic E-state index is 0.147. The van der Waals surface area contributed by atoms with Gasteiger partial charge in [-0.05, 0) is 57.1 Å². The monoisotopic (exact) mass is 488 g/mol. The van der Waals surface area contributed by atoms with Crippen LogP contribution in [-0.4, -0.2) is 88.9 Å². The Labute approximate surface area is 197 Å². The van der Waals surface area contributed by atoms with Crippen LogP contribution in [0.25, 0.3) is 0 Å². The van der Waals surface area contributed by atoms with E-state index in [1.165, 1.54) is 4.90 Å². The van der Waals surface area contributed by atoms with Gasteiger partial charge in [0.05, 0.1) is 12.5 Å². The lowest BCUT2D eigenvalue weighted by molar-refractivity contribution is -0.143. The van der Waals surface area contributed by atoms with Crippen molar-refractivity contribution in [3.63, 3.8) is 0 Å². The Morgan fingerprint density at radius 2 is 1.82 bits per heavy atom. The number of rotatable bonds is 15. The van der Waals surface area contributed by atoms with E-state index in [2.05, 4.69) is 10.6 Å². The molecule has 1 fully saturated rings. The zero-order valence-corrected chi connectivity index (χ0v) is 19.8. The van der Waals surface area contributed by atoms with Gasteiger partial charge in [-0.3, -0.25) is 19.2 Å². The normalized spacial score (nSPS) is 18.3. The number of carboxylic acids is 1. The van der Waals surface area contributed by atoms with Gasteiger partial charge in [0.1, 0.15) is 18.1 Å². The van der Waals surface area contributed by atoms with Crippen LogP contribution >= 0.6 is 11.8 Å². The first kappa shape index (κ1) is 28.7. The fourth-order valence-corrected chi connectivity index (χ4v) is 4.07. The number of nitrogens with one attached hydrogen (secondary N) is 2. The number of hydrogen-bond acceptors (Lipinski definition) is 8. The van der Waals surface area contributed by atoms with E-state index >= 15 is 0 Å². The minimum atomic E-state index is -1.37. The summed E-state index contributed by atoms with van der Waals surface area (Å²) in [7, 11) is 0. The Kier molecular flexibility index (Phi) is 12.8. The number of nitrogens with zero attached hydrogens (tertiary/aromatic N) is 1. The quantitative estimate of drug-likeness (QED) is 0.142. The third-order valence-electron chi connectivity index (χ3n) is 5.39. The summed E-state index contributed by atoms with van der Waals surface area (Å²) >= 11 is 1.56. The van der Waals surface area contributed by atoms with Crippen LogP contribution in [0.3, 0.4) is 0 Å². The Morgan fingerprint density at radius 1 is 1.12 bits per heavy atom.